The van der Waals surface area contributed by atoms with Crippen molar-refractivity contribution in [3.63, 3.8) is 0 Å². The predicted octanol–water partition coefficient (Wildman–Crippen LogP) is 5.36. The Morgan fingerprint density at radius 3 is 2.17 bits per heavy atom. The number of anilines is 1. The summed E-state index contributed by atoms with van der Waals surface area (Å²) in [5.74, 6) is 0.741. The molecule has 2 fully saturated rings. The lowest BCUT2D eigenvalue weighted by Gasteiger charge is -2.41. The van der Waals surface area contributed by atoms with Crippen LogP contribution >= 0.6 is 0 Å². The third kappa shape index (κ3) is 6.88. The van der Waals surface area contributed by atoms with Gasteiger partial charge in [0.05, 0.1) is 5.56 Å². The van der Waals surface area contributed by atoms with Gasteiger partial charge in [0.25, 0.3) is 0 Å². The molecule has 0 aliphatic carbocycles. The highest BCUT2D eigenvalue weighted by molar-refractivity contribution is 5.48. The van der Waals surface area contributed by atoms with E-state index in [1.54, 1.807) is 12.1 Å². The molecule has 3 rings (SSSR count). The lowest BCUT2D eigenvalue weighted by molar-refractivity contribution is -0.137. The number of hydrogen-bond acceptors (Lipinski definition) is 3. The molecule has 1 aromatic rings. The Morgan fingerprint density at radius 2 is 1.62 bits per heavy atom. The number of hydrogen-bond donors (Lipinski definition) is 0. The summed E-state index contributed by atoms with van der Waals surface area (Å²) >= 11 is 0. The van der Waals surface area contributed by atoms with Crippen LogP contribution in [-0.2, 0) is 6.18 Å². The van der Waals surface area contributed by atoms with Crippen molar-refractivity contribution >= 4 is 5.69 Å². The number of nitrogens with zero attached hydrogens (tertiary/aromatic N) is 3. The van der Waals surface area contributed by atoms with Gasteiger partial charge in [-0.3, -0.25) is 4.90 Å². The minimum Gasteiger partial charge on any atom is -0.369 e. The molecule has 0 spiro atoms. The van der Waals surface area contributed by atoms with Crippen LogP contribution in [0.4, 0.5) is 18.9 Å². The number of rotatable bonds is 5. The fourth-order valence-corrected chi connectivity index (χ4v) is 4.32. The fraction of sp³-hybridized carbons (Fsp3) is 0.739. The molecule has 6 heteroatoms. The first-order chi connectivity index (χ1) is 13.9. The second-order valence-corrected chi connectivity index (χ2v) is 8.09. The minimum atomic E-state index is -4.26. The molecule has 1 aromatic carbocycles. The Hall–Kier alpha value is -1.27. The van der Waals surface area contributed by atoms with E-state index in [0.29, 0.717) is 6.04 Å². The van der Waals surface area contributed by atoms with Crippen molar-refractivity contribution < 1.29 is 13.2 Å². The Morgan fingerprint density at radius 1 is 1.00 bits per heavy atom. The van der Waals surface area contributed by atoms with Gasteiger partial charge < -0.3 is 9.80 Å². The van der Waals surface area contributed by atoms with E-state index in [-0.39, 0.29) is 0 Å². The molecule has 2 saturated heterocycles. The van der Waals surface area contributed by atoms with E-state index in [9.17, 15) is 13.2 Å². The quantitative estimate of drug-likeness (QED) is 0.643. The molecule has 2 aliphatic rings. The third-order valence-electron chi connectivity index (χ3n) is 6.21. The largest absolute Gasteiger partial charge is 0.416 e. The highest BCUT2D eigenvalue weighted by atomic mass is 19.4. The molecule has 3 nitrogen and oxygen atoms in total. The van der Waals surface area contributed by atoms with Gasteiger partial charge in [0.15, 0.2) is 0 Å². The van der Waals surface area contributed by atoms with E-state index in [1.165, 1.54) is 44.5 Å². The summed E-state index contributed by atoms with van der Waals surface area (Å²) in [6, 6.07) is 6.25. The lowest BCUT2D eigenvalue weighted by Crippen LogP contribution is -2.50. The fourth-order valence-electron chi connectivity index (χ4n) is 4.32. The first-order valence-corrected chi connectivity index (χ1v) is 11.3. The molecule has 0 radical (unpaired) electrons. The van der Waals surface area contributed by atoms with Gasteiger partial charge in [0, 0.05) is 51.0 Å². The zero-order chi connectivity index (χ0) is 21.4. The van der Waals surface area contributed by atoms with E-state index in [4.69, 9.17) is 0 Å². The lowest BCUT2D eigenvalue weighted by atomic mass is 9.95. The molecule has 0 N–H and O–H groups in total. The van der Waals surface area contributed by atoms with Crippen LogP contribution in [0.15, 0.2) is 24.3 Å². The average molecular weight is 414 g/mol. The normalized spacial score (nSPS) is 22.7. The molecule has 166 valence electrons. The summed E-state index contributed by atoms with van der Waals surface area (Å²) in [7, 11) is 0. The second kappa shape index (κ2) is 11.2. The molecule has 0 saturated carbocycles. The molecule has 0 aromatic heterocycles. The van der Waals surface area contributed by atoms with Crippen LogP contribution in [0.2, 0.25) is 0 Å². The van der Waals surface area contributed by atoms with Gasteiger partial charge in [0.2, 0.25) is 0 Å². The number of halogens is 3. The SMILES string of the molecule is CC.CCC(C)N1CCCC(CN2CCN(c3ccc(C(F)(F)F)cc3)CC2)C1. The number of piperidine rings is 1. The maximum absolute atomic E-state index is 12.7. The van der Waals surface area contributed by atoms with Gasteiger partial charge in [-0.1, -0.05) is 20.8 Å². The molecule has 0 bridgehead atoms. The number of benzene rings is 1. The first kappa shape index (κ1) is 24.0. The van der Waals surface area contributed by atoms with Crippen molar-refractivity contribution in [2.75, 3.05) is 50.7 Å². The van der Waals surface area contributed by atoms with Crippen LogP contribution in [0.3, 0.4) is 0 Å². The van der Waals surface area contributed by atoms with Crippen molar-refractivity contribution in [1.29, 1.82) is 0 Å². The predicted molar refractivity (Wildman–Crippen MR) is 115 cm³/mol. The summed E-state index contributed by atoms with van der Waals surface area (Å²) in [5.41, 5.74) is 0.316. The standard InChI is InChI=1S/C21H32F3N3.C2H6/c1-3-17(2)27-10-4-5-18(16-27)15-25-11-13-26(14-12-25)20-8-6-19(7-9-20)21(22,23)24;1-2/h6-9,17-18H,3-5,10-16H2,1-2H3;1-2H3. The highest BCUT2D eigenvalue weighted by Crippen LogP contribution is 2.31. The van der Waals surface area contributed by atoms with Crippen LogP contribution in [0.25, 0.3) is 0 Å². The molecule has 2 atom stereocenters. The van der Waals surface area contributed by atoms with Crippen molar-refractivity contribution in [2.24, 2.45) is 5.92 Å². The van der Waals surface area contributed by atoms with Gasteiger partial charge in [0.1, 0.15) is 0 Å². The van der Waals surface area contributed by atoms with Crippen LogP contribution in [0.1, 0.15) is 52.5 Å². The zero-order valence-electron chi connectivity index (χ0n) is 18.5. The highest BCUT2D eigenvalue weighted by Gasteiger charge is 2.30. The summed E-state index contributed by atoms with van der Waals surface area (Å²) in [6.07, 6.45) is -0.453. The van der Waals surface area contributed by atoms with Crippen molar-refractivity contribution in [3.8, 4) is 0 Å². The van der Waals surface area contributed by atoms with E-state index in [0.717, 1.165) is 44.3 Å². The van der Waals surface area contributed by atoms with Gasteiger partial charge >= 0.3 is 6.18 Å². The summed E-state index contributed by atoms with van der Waals surface area (Å²) in [6.45, 7) is 15.9. The van der Waals surface area contributed by atoms with Gasteiger partial charge in [-0.2, -0.15) is 13.2 Å². The topological polar surface area (TPSA) is 9.72 Å². The van der Waals surface area contributed by atoms with E-state index < -0.39 is 11.7 Å². The molecule has 0 amide bonds. The van der Waals surface area contributed by atoms with E-state index in [1.807, 2.05) is 13.8 Å². The van der Waals surface area contributed by atoms with E-state index >= 15 is 0 Å². The van der Waals surface area contributed by atoms with Crippen LogP contribution in [-0.4, -0.2) is 61.7 Å². The molecule has 2 aliphatic heterocycles. The maximum Gasteiger partial charge on any atom is 0.416 e. The first-order valence-electron chi connectivity index (χ1n) is 11.3. The number of alkyl halides is 3. The third-order valence-corrected chi connectivity index (χ3v) is 6.21. The average Bonchev–Trinajstić information content (AvgIpc) is 2.75. The van der Waals surface area contributed by atoms with Gasteiger partial charge in [-0.25, -0.2) is 0 Å². The number of likely N-dealkylation sites (tertiary alicyclic amines) is 1. The Kier molecular flexibility index (Phi) is 9.28. The molecule has 29 heavy (non-hydrogen) atoms. The second-order valence-electron chi connectivity index (χ2n) is 8.09. The number of piperazine rings is 1. The Balaban J connectivity index is 0.00000145. The monoisotopic (exact) mass is 413 g/mol. The molecular weight excluding hydrogens is 375 g/mol. The molecular formula is C23H38F3N3. The summed E-state index contributed by atoms with van der Waals surface area (Å²) < 4.78 is 38.1. The van der Waals surface area contributed by atoms with Gasteiger partial charge in [-0.15, -0.1) is 0 Å². The zero-order valence-corrected chi connectivity index (χ0v) is 18.5. The van der Waals surface area contributed by atoms with Crippen LogP contribution < -0.4 is 4.90 Å². The van der Waals surface area contributed by atoms with Crippen molar-refractivity contribution in [1.82, 2.24) is 9.80 Å². The molecule has 2 unspecified atom stereocenters. The van der Waals surface area contributed by atoms with Crippen molar-refractivity contribution in [2.45, 2.75) is 59.2 Å². The molecule has 2 heterocycles. The maximum atomic E-state index is 12.7. The van der Waals surface area contributed by atoms with Crippen molar-refractivity contribution in [3.05, 3.63) is 29.8 Å². The van der Waals surface area contributed by atoms with Crippen LogP contribution in [0.5, 0.6) is 0 Å². The Bertz CT molecular complexity index is 580. The van der Waals surface area contributed by atoms with Crippen LogP contribution in [0, 0.1) is 5.92 Å². The van der Waals surface area contributed by atoms with E-state index in [2.05, 4.69) is 28.5 Å². The minimum absolute atomic E-state index is 0.576. The summed E-state index contributed by atoms with van der Waals surface area (Å²) in [5, 5.41) is 0. The smallest absolute Gasteiger partial charge is 0.369 e. The Labute approximate surface area is 174 Å². The van der Waals surface area contributed by atoms with Gasteiger partial charge in [-0.05, 0) is 62.9 Å². The summed E-state index contributed by atoms with van der Waals surface area (Å²) in [4.78, 5) is 7.36.